The quantitative estimate of drug-likeness (QED) is 0.205. The van der Waals surface area contributed by atoms with Crippen LogP contribution in [0.15, 0.2) is 36.4 Å². The van der Waals surface area contributed by atoms with Gasteiger partial charge in [-0.3, -0.25) is 0 Å². The standard InChI is InChI=1S/C35H52F2/c1-3-5-7-9-27-10-12-28(13-11-27)14-15-29-18-22-31(23-19-29)33-25-24-32(34(36)35(33)37)30-20-16-26(17-21-30)8-6-4-2/h10,12,14-15,24-31H,3-9,11,13,16-23H2,1-2H3/b15-14+. The van der Waals surface area contributed by atoms with Crippen molar-refractivity contribution in [1.82, 2.24) is 0 Å². The highest BCUT2D eigenvalue weighted by atomic mass is 19.2. The maximum atomic E-state index is 15.3. The van der Waals surface area contributed by atoms with E-state index in [0.29, 0.717) is 23.0 Å². The molecule has 0 bridgehead atoms. The summed E-state index contributed by atoms with van der Waals surface area (Å²) in [5.74, 6) is 2.00. The second-order valence-electron chi connectivity index (χ2n) is 12.6. The third kappa shape index (κ3) is 8.03. The number of halogens is 2. The molecule has 1 aromatic carbocycles. The van der Waals surface area contributed by atoms with Gasteiger partial charge in [0.1, 0.15) is 0 Å². The van der Waals surface area contributed by atoms with Crippen molar-refractivity contribution in [2.45, 2.75) is 135 Å². The Labute approximate surface area is 226 Å². The molecule has 206 valence electrons. The van der Waals surface area contributed by atoms with Crippen molar-refractivity contribution in [3.05, 3.63) is 59.2 Å². The second-order valence-corrected chi connectivity index (χ2v) is 12.6. The molecule has 2 saturated carbocycles. The maximum Gasteiger partial charge on any atom is 0.162 e. The van der Waals surface area contributed by atoms with Gasteiger partial charge in [0.15, 0.2) is 11.6 Å². The highest BCUT2D eigenvalue weighted by molar-refractivity contribution is 5.32. The van der Waals surface area contributed by atoms with Crippen LogP contribution in [-0.2, 0) is 0 Å². The molecule has 0 saturated heterocycles. The average molecular weight is 511 g/mol. The molecule has 0 heterocycles. The Morgan fingerprint density at radius 3 is 1.84 bits per heavy atom. The summed E-state index contributed by atoms with van der Waals surface area (Å²) < 4.78 is 30.5. The number of allylic oxidation sites excluding steroid dienone is 4. The van der Waals surface area contributed by atoms with Gasteiger partial charge in [0.2, 0.25) is 0 Å². The van der Waals surface area contributed by atoms with Gasteiger partial charge in [0.05, 0.1) is 0 Å². The summed E-state index contributed by atoms with van der Waals surface area (Å²) in [6.07, 6.45) is 30.0. The van der Waals surface area contributed by atoms with Crippen molar-refractivity contribution >= 4 is 0 Å². The van der Waals surface area contributed by atoms with E-state index in [9.17, 15) is 0 Å². The van der Waals surface area contributed by atoms with Crippen molar-refractivity contribution in [2.75, 3.05) is 0 Å². The zero-order valence-corrected chi connectivity index (χ0v) is 23.7. The summed E-state index contributed by atoms with van der Waals surface area (Å²) >= 11 is 0. The molecule has 37 heavy (non-hydrogen) atoms. The van der Waals surface area contributed by atoms with Crippen LogP contribution in [-0.4, -0.2) is 0 Å². The molecule has 2 heteroatoms. The first kappa shape index (κ1) is 28.6. The van der Waals surface area contributed by atoms with Crippen LogP contribution in [0.4, 0.5) is 8.78 Å². The minimum absolute atomic E-state index is 0.163. The van der Waals surface area contributed by atoms with Crippen LogP contribution in [0, 0.1) is 35.3 Å². The fourth-order valence-corrected chi connectivity index (χ4v) is 7.34. The Morgan fingerprint density at radius 1 is 0.649 bits per heavy atom. The van der Waals surface area contributed by atoms with E-state index in [0.717, 1.165) is 50.4 Å². The first-order valence-electron chi connectivity index (χ1n) is 15.9. The molecule has 3 aliphatic rings. The molecule has 0 N–H and O–H groups in total. The summed E-state index contributed by atoms with van der Waals surface area (Å²) in [5.41, 5.74) is 1.27. The van der Waals surface area contributed by atoms with E-state index in [-0.39, 0.29) is 11.8 Å². The smallest absolute Gasteiger partial charge is 0.162 e. The van der Waals surface area contributed by atoms with Crippen LogP contribution in [0.3, 0.4) is 0 Å². The van der Waals surface area contributed by atoms with Gasteiger partial charge in [-0.2, -0.15) is 0 Å². The van der Waals surface area contributed by atoms with Gasteiger partial charge in [-0.25, -0.2) is 8.78 Å². The van der Waals surface area contributed by atoms with Crippen LogP contribution < -0.4 is 0 Å². The van der Waals surface area contributed by atoms with Gasteiger partial charge in [-0.05, 0) is 117 Å². The van der Waals surface area contributed by atoms with Crippen molar-refractivity contribution < 1.29 is 8.78 Å². The molecule has 3 aliphatic carbocycles. The zero-order valence-electron chi connectivity index (χ0n) is 23.7. The number of hydrogen-bond acceptors (Lipinski definition) is 0. The molecule has 0 radical (unpaired) electrons. The Hall–Kier alpha value is -1.44. The Bertz CT molecular complexity index is 867. The van der Waals surface area contributed by atoms with Gasteiger partial charge in [0.25, 0.3) is 0 Å². The Morgan fingerprint density at radius 2 is 1.27 bits per heavy atom. The summed E-state index contributed by atoms with van der Waals surface area (Å²) in [6, 6.07) is 3.86. The van der Waals surface area contributed by atoms with Crippen LogP contribution in [0.25, 0.3) is 0 Å². The molecule has 2 unspecified atom stereocenters. The van der Waals surface area contributed by atoms with Gasteiger partial charge in [-0.1, -0.05) is 88.8 Å². The number of hydrogen-bond donors (Lipinski definition) is 0. The van der Waals surface area contributed by atoms with E-state index >= 15 is 8.78 Å². The second kappa shape index (κ2) is 14.6. The molecule has 2 fully saturated rings. The van der Waals surface area contributed by atoms with Crippen LogP contribution in [0.2, 0.25) is 0 Å². The van der Waals surface area contributed by atoms with Crippen molar-refractivity contribution in [1.29, 1.82) is 0 Å². The molecule has 4 rings (SSSR count). The van der Waals surface area contributed by atoms with Gasteiger partial charge < -0.3 is 0 Å². The van der Waals surface area contributed by atoms with Gasteiger partial charge >= 0.3 is 0 Å². The lowest BCUT2D eigenvalue weighted by Crippen LogP contribution is -2.17. The molecule has 0 aliphatic heterocycles. The first-order chi connectivity index (χ1) is 18.1. The molecular weight excluding hydrogens is 458 g/mol. The lowest BCUT2D eigenvalue weighted by atomic mass is 9.75. The summed E-state index contributed by atoms with van der Waals surface area (Å²) in [5, 5.41) is 0. The van der Waals surface area contributed by atoms with Crippen molar-refractivity contribution in [3.63, 3.8) is 0 Å². The van der Waals surface area contributed by atoms with Crippen LogP contribution in [0.1, 0.15) is 146 Å². The summed E-state index contributed by atoms with van der Waals surface area (Å²) in [6.45, 7) is 4.52. The predicted octanol–water partition coefficient (Wildman–Crippen LogP) is 11.4. The fraction of sp³-hybridized carbons (Fsp3) is 0.714. The molecular formula is C35H52F2. The van der Waals surface area contributed by atoms with E-state index < -0.39 is 11.6 Å². The van der Waals surface area contributed by atoms with Crippen LogP contribution >= 0.6 is 0 Å². The number of benzene rings is 1. The van der Waals surface area contributed by atoms with E-state index in [1.807, 2.05) is 12.1 Å². The van der Waals surface area contributed by atoms with Crippen molar-refractivity contribution in [2.24, 2.45) is 23.7 Å². The fourth-order valence-electron chi connectivity index (χ4n) is 7.34. The number of rotatable bonds is 11. The van der Waals surface area contributed by atoms with E-state index in [2.05, 4.69) is 38.2 Å². The summed E-state index contributed by atoms with van der Waals surface area (Å²) in [4.78, 5) is 0. The van der Waals surface area contributed by atoms with Gasteiger partial charge in [-0.15, -0.1) is 0 Å². The minimum atomic E-state index is -0.551. The van der Waals surface area contributed by atoms with Gasteiger partial charge in [0, 0.05) is 0 Å². The third-order valence-corrected chi connectivity index (χ3v) is 9.92. The van der Waals surface area contributed by atoms with Crippen LogP contribution in [0.5, 0.6) is 0 Å². The SMILES string of the molecule is CCCCCC1C=CC(/C=C/C2CCC(c3ccc(C4CCC(CCCC)CC4)c(F)c3F)CC2)CC1. The van der Waals surface area contributed by atoms with E-state index in [4.69, 9.17) is 0 Å². The maximum absolute atomic E-state index is 15.3. The largest absolute Gasteiger partial charge is 0.203 e. The average Bonchev–Trinajstić information content (AvgIpc) is 2.94. The molecule has 1 aromatic rings. The van der Waals surface area contributed by atoms with Crippen molar-refractivity contribution in [3.8, 4) is 0 Å². The van der Waals surface area contributed by atoms with E-state index in [1.165, 1.54) is 70.6 Å². The first-order valence-corrected chi connectivity index (χ1v) is 15.9. The molecule has 0 amide bonds. The lowest BCUT2D eigenvalue weighted by Gasteiger charge is -2.30. The predicted molar refractivity (Wildman–Crippen MR) is 154 cm³/mol. The topological polar surface area (TPSA) is 0 Å². The highest BCUT2D eigenvalue weighted by Crippen LogP contribution is 2.42. The number of unbranched alkanes of at least 4 members (excludes halogenated alkanes) is 3. The monoisotopic (exact) mass is 510 g/mol. The molecule has 0 nitrogen and oxygen atoms in total. The molecule has 0 aromatic heterocycles. The normalized spacial score (nSPS) is 30.7. The van der Waals surface area contributed by atoms with E-state index in [1.54, 1.807) is 0 Å². The Kier molecular flexibility index (Phi) is 11.3. The third-order valence-electron chi connectivity index (χ3n) is 9.92. The highest BCUT2D eigenvalue weighted by Gasteiger charge is 2.29. The molecule has 2 atom stereocenters. The molecule has 0 spiro atoms. The lowest BCUT2D eigenvalue weighted by molar-refractivity contribution is 0.298. The minimum Gasteiger partial charge on any atom is -0.203 e. The summed E-state index contributed by atoms with van der Waals surface area (Å²) in [7, 11) is 0. The zero-order chi connectivity index (χ0) is 26.0. The Balaban J connectivity index is 1.25.